The summed E-state index contributed by atoms with van der Waals surface area (Å²) in [4.78, 5) is 4.18. The van der Waals surface area contributed by atoms with Crippen LogP contribution in [0.25, 0.3) is 17.1 Å². The number of hydrogen-bond acceptors (Lipinski definition) is 5. The Bertz CT molecular complexity index is 1220. The molecule has 0 amide bonds. The summed E-state index contributed by atoms with van der Waals surface area (Å²) >= 11 is 0. The summed E-state index contributed by atoms with van der Waals surface area (Å²) in [5.41, 5.74) is 2.29. The Labute approximate surface area is 159 Å². The third-order valence-corrected chi connectivity index (χ3v) is 4.68. The molecule has 8 heteroatoms. The van der Waals surface area contributed by atoms with E-state index in [4.69, 9.17) is 4.74 Å². The van der Waals surface area contributed by atoms with E-state index in [2.05, 4.69) is 21.3 Å². The molecule has 1 aliphatic rings. The Hall–Kier alpha value is -3.99. The number of rotatable bonds is 3. The van der Waals surface area contributed by atoms with Crippen LogP contribution in [0, 0.1) is 17.1 Å². The highest BCUT2D eigenvalue weighted by molar-refractivity contribution is 5.69. The van der Waals surface area contributed by atoms with Crippen LogP contribution >= 0.6 is 0 Å². The summed E-state index contributed by atoms with van der Waals surface area (Å²) in [6.45, 7) is 0.521. The van der Waals surface area contributed by atoms with Crippen molar-refractivity contribution in [3.63, 3.8) is 0 Å². The Morgan fingerprint density at radius 1 is 1.14 bits per heavy atom. The zero-order chi connectivity index (χ0) is 19.1. The van der Waals surface area contributed by atoms with Crippen molar-refractivity contribution in [1.29, 1.82) is 5.26 Å². The van der Waals surface area contributed by atoms with Crippen molar-refractivity contribution in [2.75, 3.05) is 0 Å². The molecular formula is C20H13FN6O. The topological polar surface area (TPSA) is 81.5 Å². The highest BCUT2D eigenvalue weighted by Gasteiger charge is 2.26. The summed E-state index contributed by atoms with van der Waals surface area (Å²) < 4.78 is 23.4. The molecule has 0 spiro atoms. The molecule has 2 aromatic heterocycles. The maximum Gasteiger partial charge on any atom is 0.171 e. The summed E-state index contributed by atoms with van der Waals surface area (Å²) in [6, 6.07) is 15.9. The lowest BCUT2D eigenvalue weighted by Gasteiger charge is -2.09. The van der Waals surface area contributed by atoms with Crippen LogP contribution in [-0.2, 0) is 13.2 Å². The highest BCUT2D eigenvalue weighted by Crippen LogP contribution is 2.32. The largest absolute Gasteiger partial charge is 0.486 e. The molecular weight excluding hydrogens is 359 g/mol. The van der Waals surface area contributed by atoms with Crippen molar-refractivity contribution in [3.05, 3.63) is 77.9 Å². The molecule has 0 unspecified atom stereocenters. The predicted octanol–water partition coefficient (Wildman–Crippen LogP) is 3.08. The van der Waals surface area contributed by atoms with Crippen molar-refractivity contribution < 1.29 is 9.13 Å². The van der Waals surface area contributed by atoms with Gasteiger partial charge in [0, 0.05) is 5.56 Å². The number of imidazole rings is 1. The first-order valence-electron chi connectivity index (χ1n) is 8.61. The summed E-state index contributed by atoms with van der Waals surface area (Å²) in [6.07, 6.45) is 1.57. The fourth-order valence-electron chi connectivity index (χ4n) is 3.35. The van der Waals surface area contributed by atoms with Gasteiger partial charge in [-0.2, -0.15) is 5.26 Å². The van der Waals surface area contributed by atoms with Gasteiger partial charge < -0.3 is 9.30 Å². The summed E-state index contributed by atoms with van der Waals surface area (Å²) in [5.74, 6) is 1.43. The SMILES string of the molecule is N#Cc1ncn2c1Cn1c(COc3ccccc3)nnc1-c1cc(F)ccc1-2. The smallest absolute Gasteiger partial charge is 0.171 e. The minimum absolute atomic E-state index is 0.192. The van der Waals surface area contributed by atoms with Gasteiger partial charge in [0.2, 0.25) is 0 Å². The van der Waals surface area contributed by atoms with Gasteiger partial charge in [0.1, 0.15) is 30.6 Å². The monoisotopic (exact) mass is 372 g/mol. The van der Waals surface area contributed by atoms with E-state index in [0.717, 1.165) is 0 Å². The molecule has 1 aliphatic heterocycles. The average molecular weight is 372 g/mol. The van der Waals surface area contributed by atoms with Crippen LogP contribution in [0.1, 0.15) is 17.2 Å². The van der Waals surface area contributed by atoms with E-state index in [9.17, 15) is 9.65 Å². The molecule has 7 nitrogen and oxygen atoms in total. The first kappa shape index (κ1) is 16.2. The van der Waals surface area contributed by atoms with Crippen molar-refractivity contribution in [3.8, 4) is 28.9 Å². The number of halogens is 1. The van der Waals surface area contributed by atoms with Crippen LogP contribution in [0.2, 0.25) is 0 Å². The predicted molar refractivity (Wildman–Crippen MR) is 97.1 cm³/mol. The zero-order valence-electron chi connectivity index (χ0n) is 14.6. The van der Waals surface area contributed by atoms with E-state index in [1.807, 2.05) is 34.9 Å². The van der Waals surface area contributed by atoms with Crippen LogP contribution in [-0.4, -0.2) is 24.3 Å². The second kappa shape index (κ2) is 6.32. The third-order valence-electron chi connectivity index (χ3n) is 4.68. The molecule has 0 N–H and O–H groups in total. The number of hydrogen-bond donors (Lipinski definition) is 0. The van der Waals surface area contributed by atoms with E-state index < -0.39 is 0 Å². The van der Waals surface area contributed by atoms with E-state index in [-0.39, 0.29) is 12.4 Å². The fraction of sp³-hybridized carbons (Fsp3) is 0.100. The van der Waals surface area contributed by atoms with Gasteiger partial charge in [0.25, 0.3) is 0 Å². The van der Waals surface area contributed by atoms with Crippen LogP contribution in [0.3, 0.4) is 0 Å². The van der Waals surface area contributed by atoms with Crippen LogP contribution in [0.4, 0.5) is 4.39 Å². The summed E-state index contributed by atoms with van der Waals surface area (Å²) in [5, 5.41) is 18.0. The molecule has 4 aromatic rings. The standard InChI is InChI=1S/C20H13FN6O/c21-13-6-7-17-15(8-13)20-25-24-19(11-28-14-4-2-1-3-5-14)26(20)10-18-16(9-22)23-12-27(17)18/h1-8,12H,10-11H2. The Kier molecular flexibility index (Phi) is 3.66. The van der Waals surface area contributed by atoms with E-state index >= 15 is 0 Å². The van der Waals surface area contributed by atoms with Gasteiger partial charge in [-0.1, -0.05) is 18.2 Å². The number of aromatic nitrogens is 5. The minimum Gasteiger partial charge on any atom is -0.486 e. The van der Waals surface area contributed by atoms with Gasteiger partial charge in [-0.3, -0.25) is 4.57 Å². The molecule has 0 aliphatic carbocycles. The van der Waals surface area contributed by atoms with Crippen LogP contribution in [0.5, 0.6) is 5.75 Å². The molecule has 2 aromatic carbocycles. The van der Waals surface area contributed by atoms with Gasteiger partial charge in [-0.25, -0.2) is 9.37 Å². The quantitative estimate of drug-likeness (QED) is 0.486. The average Bonchev–Trinajstić information content (AvgIpc) is 3.28. The lowest BCUT2D eigenvalue weighted by Crippen LogP contribution is -2.10. The van der Waals surface area contributed by atoms with E-state index in [0.29, 0.717) is 46.6 Å². The molecule has 0 radical (unpaired) electrons. The Morgan fingerprint density at radius 3 is 2.82 bits per heavy atom. The first-order valence-corrected chi connectivity index (χ1v) is 8.61. The third kappa shape index (κ3) is 2.53. The van der Waals surface area contributed by atoms with Crippen LogP contribution < -0.4 is 4.74 Å². The van der Waals surface area contributed by atoms with Crippen molar-refractivity contribution in [2.45, 2.75) is 13.2 Å². The Balaban J connectivity index is 1.63. The van der Waals surface area contributed by atoms with Crippen molar-refractivity contribution in [1.82, 2.24) is 24.3 Å². The minimum atomic E-state index is -0.376. The maximum atomic E-state index is 14.0. The maximum absolute atomic E-state index is 14.0. The normalized spacial score (nSPS) is 11.7. The molecule has 0 fully saturated rings. The molecule has 0 saturated heterocycles. The molecule has 136 valence electrons. The van der Waals surface area contributed by atoms with Crippen molar-refractivity contribution in [2.24, 2.45) is 0 Å². The lowest BCUT2D eigenvalue weighted by molar-refractivity contribution is 0.290. The summed E-state index contributed by atoms with van der Waals surface area (Å²) in [7, 11) is 0. The molecule has 28 heavy (non-hydrogen) atoms. The molecule has 0 bridgehead atoms. The number of para-hydroxylation sites is 1. The first-order chi connectivity index (χ1) is 13.7. The van der Waals surface area contributed by atoms with Gasteiger partial charge in [0.05, 0.1) is 17.9 Å². The second-order valence-corrected chi connectivity index (χ2v) is 6.31. The molecule has 0 atom stereocenters. The van der Waals surface area contributed by atoms with Crippen molar-refractivity contribution >= 4 is 0 Å². The number of fused-ring (bicyclic) bond motifs is 5. The van der Waals surface area contributed by atoms with E-state index in [1.54, 1.807) is 17.0 Å². The van der Waals surface area contributed by atoms with Gasteiger partial charge in [-0.05, 0) is 30.3 Å². The van der Waals surface area contributed by atoms with Crippen LogP contribution in [0.15, 0.2) is 54.9 Å². The number of benzene rings is 2. The number of ether oxygens (including phenoxy) is 1. The zero-order valence-corrected chi connectivity index (χ0v) is 14.6. The fourth-order valence-corrected chi connectivity index (χ4v) is 3.35. The lowest BCUT2D eigenvalue weighted by atomic mass is 10.1. The number of nitrogens with zero attached hydrogens (tertiary/aromatic N) is 6. The van der Waals surface area contributed by atoms with E-state index in [1.165, 1.54) is 12.1 Å². The highest BCUT2D eigenvalue weighted by atomic mass is 19.1. The number of nitriles is 1. The molecule has 0 saturated carbocycles. The van der Waals surface area contributed by atoms with Gasteiger partial charge in [0.15, 0.2) is 17.3 Å². The Morgan fingerprint density at radius 2 is 2.00 bits per heavy atom. The molecule has 3 heterocycles. The second-order valence-electron chi connectivity index (χ2n) is 6.31. The molecule has 5 rings (SSSR count). The van der Waals surface area contributed by atoms with Gasteiger partial charge >= 0.3 is 0 Å². The van der Waals surface area contributed by atoms with Gasteiger partial charge in [-0.15, -0.1) is 10.2 Å².